The summed E-state index contributed by atoms with van der Waals surface area (Å²) in [5.41, 5.74) is 0.784. The zero-order valence-corrected chi connectivity index (χ0v) is 16.6. The molecule has 8 heteroatoms. The van der Waals surface area contributed by atoms with Gasteiger partial charge in [-0.05, 0) is 43.5 Å². The van der Waals surface area contributed by atoms with E-state index in [-0.39, 0.29) is 17.5 Å². The first-order valence-electron chi connectivity index (χ1n) is 9.75. The fourth-order valence-electron chi connectivity index (χ4n) is 3.36. The van der Waals surface area contributed by atoms with Gasteiger partial charge in [0, 0.05) is 6.04 Å². The van der Waals surface area contributed by atoms with E-state index in [1.165, 1.54) is 12.1 Å². The van der Waals surface area contributed by atoms with Gasteiger partial charge < -0.3 is 25.6 Å². The van der Waals surface area contributed by atoms with Crippen molar-refractivity contribution in [3.05, 3.63) is 53.1 Å². The average Bonchev–Trinajstić information content (AvgIpc) is 3.23. The molecule has 4 N–H and O–H groups in total. The van der Waals surface area contributed by atoms with Crippen LogP contribution >= 0.6 is 0 Å². The highest BCUT2D eigenvalue weighted by Crippen LogP contribution is 2.32. The molecule has 0 bridgehead atoms. The van der Waals surface area contributed by atoms with E-state index in [4.69, 9.17) is 4.74 Å². The predicted molar refractivity (Wildman–Crippen MR) is 110 cm³/mol. The van der Waals surface area contributed by atoms with E-state index in [9.17, 15) is 24.6 Å². The molecule has 0 saturated heterocycles. The van der Waals surface area contributed by atoms with Crippen molar-refractivity contribution in [1.29, 1.82) is 0 Å². The number of aromatic hydroxyl groups is 2. The van der Waals surface area contributed by atoms with Crippen LogP contribution in [0.4, 0.5) is 5.69 Å². The van der Waals surface area contributed by atoms with Gasteiger partial charge in [-0.1, -0.05) is 31.0 Å². The fourth-order valence-corrected chi connectivity index (χ4v) is 3.36. The first kappa shape index (κ1) is 21.2. The highest BCUT2D eigenvalue weighted by molar-refractivity contribution is 6.04. The van der Waals surface area contributed by atoms with Crippen molar-refractivity contribution < 1.29 is 29.3 Å². The van der Waals surface area contributed by atoms with Gasteiger partial charge in [-0.2, -0.15) is 0 Å². The van der Waals surface area contributed by atoms with Crippen LogP contribution in [0.15, 0.2) is 36.4 Å². The first-order chi connectivity index (χ1) is 14.4. The SMILES string of the molecule is Cc1ccc(C(=O)OCC(=O)Nc2ccccc2C(=O)NC2CCCC2)c(O)c1O. The molecular weight excluding hydrogens is 388 g/mol. The number of benzene rings is 2. The maximum absolute atomic E-state index is 12.6. The molecule has 1 aliphatic carbocycles. The minimum absolute atomic E-state index is 0.140. The van der Waals surface area contributed by atoms with Gasteiger partial charge in [-0.15, -0.1) is 0 Å². The van der Waals surface area contributed by atoms with Crippen LogP contribution in [0.3, 0.4) is 0 Å². The molecule has 0 radical (unpaired) electrons. The van der Waals surface area contributed by atoms with Crippen molar-refractivity contribution >= 4 is 23.5 Å². The number of hydrogen-bond donors (Lipinski definition) is 4. The lowest BCUT2D eigenvalue weighted by Crippen LogP contribution is -2.33. The molecule has 0 spiro atoms. The van der Waals surface area contributed by atoms with Crippen molar-refractivity contribution in [2.45, 2.75) is 38.6 Å². The Balaban J connectivity index is 1.60. The Hall–Kier alpha value is -3.55. The molecular formula is C22H24N2O6. The van der Waals surface area contributed by atoms with Crippen LogP contribution in [0.5, 0.6) is 11.5 Å². The second-order valence-electron chi connectivity index (χ2n) is 7.25. The number of esters is 1. The second kappa shape index (κ2) is 9.30. The quantitative estimate of drug-likeness (QED) is 0.427. The molecule has 0 aromatic heterocycles. The van der Waals surface area contributed by atoms with Gasteiger partial charge in [0.2, 0.25) is 0 Å². The number of hydrogen-bond acceptors (Lipinski definition) is 6. The van der Waals surface area contributed by atoms with Gasteiger partial charge in [0.1, 0.15) is 5.56 Å². The molecule has 2 aromatic rings. The van der Waals surface area contributed by atoms with Crippen LogP contribution in [0.25, 0.3) is 0 Å². The summed E-state index contributed by atoms with van der Waals surface area (Å²) in [5.74, 6) is -2.88. The summed E-state index contributed by atoms with van der Waals surface area (Å²) in [6.07, 6.45) is 4.06. The van der Waals surface area contributed by atoms with E-state index in [0.29, 0.717) is 16.8 Å². The maximum atomic E-state index is 12.6. The third kappa shape index (κ3) is 4.89. The normalized spacial score (nSPS) is 13.6. The number of ether oxygens (including phenoxy) is 1. The van der Waals surface area contributed by atoms with Crippen LogP contribution in [-0.2, 0) is 9.53 Å². The smallest absolute Gasteiger partial charge is 0.342 e. The Labute approximate surface area is 173 Å². The molecule has 2 aromatic carbocycles. The molecule has 1 aliphatic rings. The molecule has 0 unspecified atom stereocenters. The summed E-state index contributed by atoms with van der Waals surface area (Å²) in [4.78, 5) is 36.9. The second-order valence-corrected chi connectivity index (χ2v) is 7.25. The lowest BCUT2D eigenvalue weighted by molar-refractivity contribution is -0.119. The molecule has 1 fully saturated rings. The molecule has 0 heterocycles. The molecule has 158 valence electrons. The summed E-state index contributed by atoms with van der Waals surface area (Å²) in [6.45, 7) is 0.948. The highest BCUT2D eigenvalue weighted by Gasteiger charge is 2.21. The van der Waals surface area contributed by atoms with Gasteiger partial charge in [-0.3, -0.25) is 9.59 Å². The largest absolute Gasteiger partial charge is 0.504 e. The number of aryl methyl sites for hydroxylation is 1. The topological polar surface area (TPSA) is 125 Å². The number of carbonyl (C=O) groups is 3. The highest BCUT2D eigenvalue weighted by atomic mass is 16.5. The first-order valence-corrected chi connectivity index (χ1v) is 9.75. The lowest BCUT2D eigenvalue weighted by Gasteiger charge is -2.15. The van der Waals surface area contributed by atoms with E-state index in [1.54, 1.807) is 31.2 Å². The fraction of sp³-hybridized carbons (Fsp3) is 0.318. The molecule has 1 saturated carbocycles. The number of phenols is 2. The zero-order valence-electron chi connectivity index (χ0n) is 16.6. The summed E-state index contributed by atoms with van der Waals surface area (Å²) in [5, 5.41) is 25.1. The van der Waals surface area contributed by atoms with Crippen molar-refractivity contribution in [3.8, 4) is 11.5 Å². The Bertz CT molecular complexity index is 966. The number of amides is 2. The number of carbonyl (C=O) groups excluding carboxylic acids is 3. The number of para-hydroxylation sites is 1. The molecule has 0 aliphatic heterocycles. The van der Waals surface area contributed by atoms with E-state index >= 15 is 0 Å². The van der Waals surface area contributed by atoms with E-state index < -0.39 is 30.0 Å². The van der Waals surface area contributed by atoms with Crippen molar-refractivity contribution in [2.24, 2.45) is 0 Å². The summed E-state index contributed by atoms with van der Waals surface area (Å²) >= 11 is 0. The van der Waals surface area contributed by atoms with Crippen LogP contribution < -0.4 is 10.6 Å². The van der Waals surface area contributed by atoms with Gasteiger partial charge in [0.25, 0.3) is 11.8 Å². The van der Waals surface area contributed by atoms with E-state index in [1.807, 2.05) is 0 Å². The number of nitrogens with one attached hydrogen (secondary N) is 2. The Morgan fingerprint density at radius 2 is 1.70 bits per heavy atom. The third-order valence-corrected chi connectivity index (χ3v) is 5.04. The molecule has 3 rings (SSSR count). The van der Waals surface area contributed by atoms with Gasteiger partial charge >= 0.3 is 5.97 Å². The van der Waals surface area contributed by atoms with Crippen molar-refractivity contribution in [3.63, 3.8) is 0 Å². The van der Waals surface area contributed by atoms with Crippen LogP contribution in [0.2, 0.25) is 0 Å². The summed E-state index contributed by atoms with van der Waals surface area (Å²) in [7, 11) is 0. The minimum Gasteiger partial charge on any atom is -0.504 e. The van der Waals surface area contributed by atoms with Crippen LogP contribution in [0, 0.1) is 6.92 Å². The van der Waals surface area contributed by atoms with Crippen LogP contribution in [0.1, 0.15) is 52.0 Å². The Morgan fingerprint density at radius 3 is 2.43 bits per heavy atom. The predicted octanol–water partition coefficient (Wildman–Crippen LogP) is 2.87. The number of anilines is 1. The monoisotopic (exact) mass is 412 g/mol. The van der Waals surface area contributed by atoms with Gasteiger partial charge in [0.05, 0.1) is 11.3 Å². The van der Waals surface area contributed by atoms with Gasteiger partial charge in [0.15, 0.2) is 18.1 Å². The van der Waals surface area contributed by atoms with Gasteiger partial charge in [-0.25, -0.2) is 4.79 Å². The van der Waals surface area contributed by atoms with Crippen molar-refractivity contribution in [2.75, 3.05) is 11.9 Å². The van der Waals surface area contributed by atoms with E-state index in [2.05, 4.69) is 10.6 Å². The molecule has 30 heavy (non-hydrogen) atoms. The zero-order chi connectivity index (χ0) is 21.7. The third-order valence-electron chi connectivity index (χ3n) is 5.04. The summed E-state index contributed by atoms with van der Waals surface area (Å²) in [6, 6.07) is 9.47. The maximum Gasteiger partial charge on any atom is 0.342 e. The van der Waals surface area contributed by atoms with Crippen molar-refractivity contribution in [1.82, 2.24) is 5.32 Å². The average molecular weight is 412 g/mol. The molecule has 8 nitrogen and oxygen atoms in total. The van der Waals surface area contributed by atoms with E-state index in [0.717, 1.165) is 25.7 Å². The van der Waals surface area contributed by atoms with Crippen LogP contribution in [-0.4, -0.2) is 40.6 Å². The number of phenolic OH excluding ortho intramolecular Hbond substituents is 2. The number of rotatable bonds is 6. The molecule has 0 atom stereocenters. The lowest BCUT2D eigenvalue weighted by atomic mass is 10.1. The molecule has 2 amide bonds. The Kier molecular flexibility index (Phi) is 6.56. The standard InChI is InChI=1S/C22H24N2O6/c1-13-10-11-16(20(27)19(13)26)22(29)30-12-18(25)24-17-9-5-4-8-15(17)21(28)23-14-6-2-3-7-14/h4-5,8-11,14,26-27H,2-3,6-7,12H2,1H3,(H,23,28)(H,24,25). The summed E-state index contributed by atoms with van der Waals surface area (Å²) < 4.78 is 4.92. The minimum atomic E-state index is -0.954. The Morgan fingerprint density at radius 1 is 1.00 bits per heavy atom.